The first-order chi connectivity index (χ1) is 10.1. The second kappa shape index (κ2) is 10.2. The maximum absolute atomic E-state index is 12.9. The van der Waals surface area contributed by atoms with Crippen molar-refractivity contribution in [1.82, 2.24) is 10.2 Å². The van der Waals surface area contributed by atoms with E-state index in [0.717, 1.165) is 38.9 Å². The van der Waals surface area contributed by atoms with Gasteiger partial charge in [0.25, 0.3) is 0 Å². The van der Waals surface area contributed by atoms with Gasteiger partial charge in [-0.3, -0.25) is 4.79 Å². The molecule has 1 aliphatic heterocycles. The molecule has 2 N–H and O–H groups in total. The molecule has 1 amide bonds. The van der Waals surface area contributed by atoms with Gasteiger partial charge in [0.1, 0.15) is 0 Å². The number of hydrogen-bond donors (Lipinski definition) is 2. The molecule has 0 bridgehead atoms. The van der Waals surface area contributed by atoms with E-state index < -0.39 is 0 Å². The number of aliphatic hydroxyl groups excluding tert-OH is 1. The molecule has 0 aromatic carbocycles. The van der Waals surface area contributed by atoms with E-state index in [1.165, 1.54) is 25.7 Å². The summed E-state index contributed by atoms with van der Waals surface area (Å²) in [5.74, 6) is 0.277. The van der Waals surface area contributed by atoms with Gasteiger partial charge in [0, 0.05) is 26.2 Å². The van der Waals surface area contributed by atoms with Crippen LogP contribution in [-0.4, -0.2) is 48.7 Å². The fraction of sp³-hybridized carbons (Fsp3) is 0.941. The van der Waals surface area contributed by atoms with Crippen LogP contribution in [0, 0.1) is 5.41 Å². The van der Waals surface area contributed by atoms with E-state index in [2.05, 4.69) is 19.2 Å². The summed E-state index contributed by atoms with van der Waals surface area (Å²) in [5.41, 5.74) is -0.253. The maximum atomic E-state index is 12.9. The molecule has 0 spiro atoms. The van der Waals surface area contributed by atoms with Crippen molar-refractivity contribution in [1.29, 1.82) is 0 Å². The molecule has 0 aromatic rings. The summed E-state index contributed by atoms with van der Waals surface area (Å²) in [5, 5.41) is 12.4. The van der Waals surface area contributed by atoms with Crippen LogP contribution in [0.3, 0.4) is 0 Å². The lowest BCUT2D eigenvalue weighted by Crippen LogP contribution is -2.50. The third kappa shape index (κ3) is 6.35. The zero-order valence-corrected chi connectivity index (χ0v) is 14.0. The summed E-state index contributed by atoms with van der Waals surface area (Å²) in [6, 6.07) is 0. The Bertz CT molecular complexity index is 289. The van der Waals surface area contributed by atoms with E-state index >= 15 is 0 Å². The standard InChI is InChI=1S/C17H34N2O2/c1-3-4-5-6-7-12-19(13-9-14-20)16(21)17(2)10-8-11-18-15-17/h18,20H,3-15H2,1-2H3. The van der Waals surface area contributed by atoms with Gasteiger partial charge < -0.3 is 15.3 Å². The molecule has 0 aromatic heterocycles. The van der Waals surface area contributed by atoms with Crippen LogP contribution in [0.4, 0.5) is 0 Å². The fourth-order valence-electron chi connectivity index (χ4n) is 3.10. The lowest BCUT2D eigenvalue weighted by Gasteiger charge is -2.37. The molecule has 1 aliphatic rings. The van der Waals surface area contributed by atoms with Crippen LogP contribution < -0.4 is 5.32 Å². The molecule has 4 heteroatoms. The second-order valence-corrected chi connectivity index (χ2v) is 6.62. The number of rotatable bonds is 10. The van der Waals surface area contributed by atoms with E-state index in [-0.39, 0.29) is 17.9 Å². The van der Waals surface area contributed by atoms with E-state index in [4.69, 9.17) is 5.11 Å². The average Bonchev–Trinajstić information content (AvgIpc) is 2.50. The van der Waals surface area contributed by atoms with Crippen molar-refractivity contribution < 1.29 is 9.90 Å². The number of nitrogens with zero attached hydrogens (tertiary/aromatic N) is 1. The van der Waals surface area contributed by atoms with Crippen molar-refractivity contribution >= 4 is 5.91 Å². The van der Waals surface area contributed by atoms with Crippen molar-refractivity contribution in [2.45, 2.75) is 65.2 Å². The number of hydrogen-bond acceptors (Lipinski definition) is 3. The van der Waals surface area contributed by atoms with Crippen LogP contribution in [0.2, 0.25) is 0 Å². The number of amides is 1. The largest absolute Gasteiger partial charge is 0.396 e. The summed E-state index contributed by atoms with van der Waals surface area (Å²) in [6.07, 6.45) is 8.81. The Balaban J connectivity index is 2.48. The molecule has 1 unspecified atom stereocenters. The molecule has 4 nitrogen and oxygen atoms in total. The molecular formula is C17H34N2O2. The molecule has 1 atom stereocenters. The quantitative estimate of drug-likeness (QED) is 0.609. The highest BCUT2D eigenvalue weighted by Gasteiger charge is 2.37. The molecule has 1 rings (SSSR count). The third-order valence-corrected chi connectivity index (χ3v) is 4.52. The number of unbranched alkanes of at least 4 members (excludes halogenated alkanes) is 4. The Morgan fingerprint density at radius 1 is 1.19 bits per heavy atom. The summed E-state index contributed by atoms with van der Waals surface area (Å²) in [4.78, 5) is 14.8. The molecule has 0 aliphatic carbocycles. The van der Waals surface area contributed by atoms with E-state index in [1.807, 2.05) is 4.90 Å². The van der Waals surface area contributed by atoms with Gasteiger partial charge in [-0.25, -0.2) is 0 Å². The monoisotopic (exact) mass is 298 g/mol. The molecule has 21 heavy (non-hydrogen) atoms. The Kier molecular flexibility index (Phi) is 8.93. The maximum Gasteiger partial charge on any atom is 0.229 e. The third-order valence-electron chi connectivity index (χ3n) is 4.52. The summed E-state index contributed by atoms with van der Waals surface area (Å²) in [7, 11) is 0. The van der Waals surface area contributed by atoms with Gasteiger partial charge in [0.2, 0.25) is 5.91 Å². The second-order valence-electron chi connectivity index (χ2n) is 6.62. The van der Waals surface area contributed by atoms with E-state index in [0.29, 0.717) is 13.0 Å². The van der Waals surface area contributed by atoms with Crippen molar-refractivity contribution in [3.05, 3.63) is 0 Å². The zero-order chi connectivity index (χ0) is 15.6. The Morgan fingerprint density at radius 2 is 1.90 bits per heavy atom. The first-order valence-corrected chi connectivity index (χ1v) is 8.75. The minimum absolute atomic E-state index is 0.161. The van der Waals surface area contributed by atoms with Gasteiger partial charge >= 0.3 is 0 Å². The number of carbonyl (C=O) groups excluding carboxylic acids is 1. The number of aliphatic hydroxyl groups is 1. The minimum Gasteiger partial charge on any atom is -0.396 e. The van der Waals surface area contributed by atoms with Crippen molar-refractivity contribution in [2.75, 3.05) is 32.8 Å². The Morgan fingerprint density at radius 3 is 2.52 bits per heavy atom. The van der Waals surface area contributed by atoms with Crippen LogP contribution in [0.15, 0.2) is 0 Å². The predicted molar refractivity (Wildman–Crippen MR) is 87.3 cm³/mol. The number of carbonyl (C=O) groups is 1. The molecule has 0 saturated carbocycles. The van der Waals surface area contributed by atoms with Crippen LogP contribution in [-0.2, 0) is 4.79 Å². The van der Waals surface area contributed by atoms with E-state index in [1.54, 1.807) is 0 Å². The SMILES string of the molecule is CCCCCCCN(CCCO)C(=O)C1(C)CCCNC1. The summed E-state index contributed by atoms with van der Waals surface area (Å²) < 4.78 is 0. The average molecular weight is 298 g/mol. The lowest BCUT2D eigenvalue weighted by atomic mass is 9.81. The highest BCUT2D eigenvalue weighted by atomic mass is 16.3. The lowest BCUT2D eigenvalue weighted by molar-refractivity contribution is -0.142. The van der Waals surface area contributed by atoms with Gasteiger partial charge in [-0.2, -0.15) is 0 Å². The summed E-state index contributed by atoms with van der Waals surface area (Å²) in [6.45, 7) is 7.82. The Hall–Kier alpha value is -0.610. The minimum atomic E-state index is -0.253. The molecule has 0 radical (unpaired) electrons. The first kappa shape index (κ1) is 18.4. The van der Waals surface area contributed by atoms with Crippen LogP contribution in [0.5, 0.6) is 0 Å². The highest BCUT2D eigenvalue weighted by Crippen LogP contribution is 2.28. The molecule has 1 saturated heterocycles. The number of piperidine rings is 1. The van der Waals surface area contributed by atoms with Crippen molar-refractivity contribution in [2.24, 2.45) is 5.41 Å². The summed E-state index contributed by atoms with van der Waals surface area (Å²) >= 11 is 0. The smallest absolute Gasteiger partial charge is 0.229 e. The Labute approximate surface area is 130 Å². The van der Waals surface area contributed by atoms with Crippen LogP contribution in [0.25, 0.3) is 0 Å². The molecule has 124 valence electrons. The normalized spacial score (nSPS) is 22.2. The zero-order valence-electron chi connectivity index (χ0n) is 14.0. The number of nitrogens with one attached hydrogen (secondary N) is 1. The molecule has 1 heterocycles. The van der Waals surface area contributed by atoms with Crippen molar-refractivity contribution in [3.8, 4) is 0 Å². The topological polar surface area (TPSA) is 52.6 Å². The molecular weight excluding hydrogens is 264 g/mol. The first-order valence-electron chi connectivity index (χ1n) is 8.75. The van der Waals surface area contributed by atoms with Gasteiger partial charge in [-0.1, -0.05) is 32.6 Å². The van der Waals surface area contributed by atoms with Crippen LogP contribution in [0.1, 0.15) is 65.2 Å². The van der Waals surface area contributed by atoms with Gasteiger partial charge in [-0.15, -0.1) is 0 Å². The molecule has 1 fully saturated rings. The van der Waals surface area contributed by atoms with Gasteiger partial charge in [0.15, 0.2) is 0 Å². The predicted octanol–water partition coefficient (Wildman–Crippen LogP) is 2.56. The van der Waals surface area contributed by atoms with Crippen LogP contribution >= 0.6 is 0 Å². The van der Waals surface area contributed by atoms with Gasteiger partial charge in [0.05, 0.1) is 5.41 Å². The van der Waals surface area contributed by atoms with Crippen molar-refractivity contribution in [3.63, 3.8) is 0 Å². The van der Waals surface area contributed by atoms with Gasteiger partial charge in [-0.05, 0) is 39.2 Å². The highest BCUT2D eigenvalue weighted by molar-refractivity contribution is 5.82. The van der Waals surface area contributed by atoms with E-state index in [9.17, 15) is 4.79 Å². The fourth-order valence-corrected chi connectivity index (χ4v) is 3.10.